The van der Waals surface area contributed by atoms with Gasteiger partial charge in [0.25, 0.3) is 0 Å². The first kappa shape index (κ1) is 16.3. The molecule has 0 atom stereocenters. The normalized spacial score (nSPS) is 10.6. The molecule has 0 amide bonds. The van der Waals surface area contributed by atoms with E-state index in [1.165, 1.54) is 6.07 Å². The Morgan fingerprint density at radius 1 is 1.23 bits per heavy atom. The summed E-state index contributed by atoms with van der Waals surface area (Å²) in [6, 6.07) is 6.46. The molecule has 22 heavy (non-hydrogen) atoms. The van der Waals surface area contributed by atoms with Crippen LogP contribution in [-0.2, 0) is 0 Å². The maximum atomic E-state index is 11.5. The summed E-state index contributed by atoms with van der Waals surface area (Å²) in [7, 11) is 0. The van der Waals surface area contributed by atoms with Crippen LogP contribution in [0.25, 0.3) is 10.8 Å². The van der Waals surface area contributed by atoms with Gasteiger partial charge in [-0.1, -0.05) is 25.5 Å². The molecule has 0 aliphatic rings. The number of hydrogen-bond acceptors (Lipinski definition) is 3. The van der Waals surface area contributed by atoms with Crippen molar-refractivity contribution in [3.63, 3.8) is 0 Å². The van der Waals surface area contributed by atoms with E-state index in [1.807, 2.05) is 0 Å². The van der Waals surface area contributed by atoms with Crippen LogP contribution in [0.15, 0.2) is 28.7 Å². The smallest absolute Gasteiger partial charge is 0.337 e. The molecule has 6 heteroatoms. The fraction of sp³-hybridized carbons (Fsp3) is 0.250. The van der Waals surface area contributed by atoms with E-state index in [9.17, 15) is 19.8 Å². The van der Waals surface area contributed by atoms with Gasteiger partial charge in [-0.15, -0.1) is 0 Å². The molecule has 2 rings (SSSR count). The summed E-state index contributed by atoms with van der Waals surface area (Å²) in [4.78, 5) is 23.0. The van der Waals surface area contributed by atoms with Gasteiger partial charge in [-0.2, -0.15) is 0 Å². The summed E-state index contributed by atoms with van der Waals surface area (Å²) >= 11 is 3.25. The minimum absolute atomic E-state index is 0.0188. The largest absolute Gasteiger partial charge is 0.478 e. The first-order chi connectivity index (χ1) is 10.5. The summed E-state index contributed by atoms with van der Waals surface area (Å²) < 4.78 is 0.361. The summed E-state index contributed by atoms with van der Waals surface area (Å²) in [5, 5.41) is 22.9. The van der Waals surface area contributed by atoms with Gasteiger partial charge < -0.3 is 15.5 Å². The van der Waals surface area contributed by atoms with E-state index < -0.39 is 11.9 Å². The molecule has 0 aliphatic carbocycles. The molecule has 2 aromatic rings. The lowest BCUT2D eigenvalue weighted by Crippen LogP contribution is -2.08. The highest BCUT2D eigenvalue weighted by atomic mass is 79.9. The van der Waals surface area contributed by atoms with Crippen molar-refractivity contribution >= 4 is 44.3 Å². The highest BCUT2D eigenvalue weighted by Crippen LogP contribution is 2.35. The Labute approximate surface area is 136 Å². The first-order valence-electron chi connectivity index (χ1n) is 6.93. The van der Waals surface area contributed by atoms with Crippen LogP contribution in [0.3, 0.4) is 0 Å². The summed E-state index contributed by atoms with van der Waals surface area (Å²) in [5.74, 6) is -2.31. The number of anilines is 1. The molecule has 0 radical (unpaired) electrons. The Kier molecular flexibility index (Phi) is 5.03. The van der Waals surface area contributed by atoms with E-state index in [1.54, 1.807) is 18.2 Å². The number of nitrogens with one attached hydrogen (secondary N) is 1. The topological polar surface area (TPSA) is 86.6 Å². The van der Waals surface area contributed by atoms with Crippen LogP contribution in [0, 0.1) is 0 Å². The van der Waals surface area contributed by atoms with Crippen molar-refractivity contribution in [3.05, 3.63) is 39.9 Å². The number of aromatic carboxylic acids is 2. The molecule has 0 aliphatic heterocycles. The second-order valence-corrected chi connectivity index (χ2v) is 5.75. The lowest BCUT2D eigenvalue weighted by Gasteiger charge is -2.14. The van der Waals surface area contributed by atoms with Gasteiger partial charge in [0.1, 0.15) is 0 Å². The summed E-state index contributed by atoms with van der Waals surface area (Å²) in [6.07, 6.45) is 2.00. The Hall–Kier alpha value is -2.08. The second kappa shape index (κ2) is 6.79. The highest BCUT2D eigenvalue weighted by Gasteiger charge is 2.21. The third-order valence-corrected chi connectivity index (χ3v) is 4.03. The third kappa shape index (κ3) is 3.06. The van der Waals surface area contributed by atoms with Crippen LogP contribution >= 0.6 is 15.9 Å². The van der Waals surface area contributed by atoms with Crippen molar-refractivity contribution in [2.75, 3.05) is 11.9 Å². The van der Waals surface area contributed by atoms with E-state index in [0.717, 1.165) is 25.1 Å². The van der Waals surface area contributed by atoms with E-state index in [-0.39, 0.29) is 16.5 Å². The van der Waals surface area contributed by atoms with Crippen molar-refractivity contribution in [1.29, 1.82) is 0 Å². The predicted molar refractivity (Wildman–Crippen MR) is 89.0 cm³/mol. The average Bonchev–Trinajstić information content (AvgIpc) is 2.46. The number of halogens is 1. The highest BCUT2D eigenvalue weighted by molar-refractivity contribution is 9.10. The van der Waals surface area contributed by atoms with Gasteiger partial charge in [0.05, 0.1) is 11.1 Å². The van der Waals surface area contributed by atoms with Crippen LogP contribution < -0.4 is 5.32 Å². The maximum absolute atomic E-state index is 11.5. The Bertz CT molecular complexity index is 742. The van der Waals surface area contributed by atoms with Crippen LogP contribution in [0.2, 0.25) is 0 Å². The molecule has 0 saturated carbocycles. The van der Waals surface area contributed by atoms with Crippen molar-refractivity contribution in [2.45, 2.75) is 19.8 Å². The SMILES string of the molecule is CCCCNc1cc(Br)c(C(=O)O)c2c(C(=O)O)cccc12. The van der Waals surface area contributed by atoms with Gasteiger partial charge in [0.15, 0.2) is 0 Å². The molecular formula is C16H16BrNO4. The summed E-state index contributed by atoms with van der Waals surface area (Å²) in [6.45, 7) is 2.81. The van der Waals surface area contributed by atoms with E-state index in [0.29, 0.717) is 9.86 Å². The van der Waals surface area contributed by atoms with Crippen LogP contribution in [0.5, 0.6) is 0 Å². The minimum atomic E-state index is -1.16. The molecule has 0 unspecified atom stereocenters. The Balaban J connectivity index is 2.75. The van der Waals surface area contributed by atoms with Gasteiger partial charge in [-0.05, 0) is 34.5 Å². The first-order valence-corrected chi connectivity index (χ1v) is 7.72. The molecule has 0 aromatic heterocycles. The van der Waals surface area contributed by atoms with E-state index in [2.05, 4.69) is 28.2 Å². The number of unbranched alkanes of at least 4 members (excludes halogenated alkanes) is 1. The maximum Gasteiger partial charge on any atom is 0.337 e. The lowest BCUT2D eigenvalue weighted by atomic mass is 9.97. The lowest BCUT2D eigenvalue weighted by molar-refractivity contribution is 0.0695. The van der Waals surface area contributed by atoms with Gasteiger partial charge in [-0.3, -0.25) is 0 Å². The number of hydrogen-bond donors (Lipinski definition) is 3. The number of carbonyl (C=O) groups is 2. The average molecular weight is 366 g/mol. The molecule has 3 N–H and O–H groups in total. The fourth-order valence-corrected chi connectivity index (χ4v) is 2.97. The third-order valence-electron chi connectivity index (χ3n) is 3.40. The van der Waals surface area contributed by atoms with Gasteiger partial charge >= 0.3 is 11.9 Å². The molecule has 0 spiro atoms. The quantitative estimate of drug-likeness (QED) is 0.667. The minimum Gasteiger partial charge on any atom is -0.478 e. The number of rotatable bonds is 6. The molecule has 5 nitrogen and oxygen atoms in total. The Morgan fingerprint density at radius 3 is 2.55 bits per heavy atom. The van der Waals surface area contributed by atoms with Gasteiger partial charge in [0.2, 0.25) is 0 Å². The van der Waals surface area contributed by atoms with Crippen molar-refractivity contribution in [3.8, 4) is 0 Å². The zero-order valence-electron chi connectivity index (χ0n) is 12.0. The van der Waals surface area contributed by atoms with Crippen LogP contribution in [0.1, 0.15) is 40.5 Å². The standard InChI is InChI=1S/C16H16BrNO4/c1-2-3-7-18-12-8-11(17)14(16(21)22)13-9(12)5-4-6-10(13)15(19)20/h4-6,8,18H,2-3,7H2,1H3,(H,19,20)(H,21,22). The molecule has 0 bridgehead atoms. The fourth-order valence-electron chi connectivity index (χ4n) is 2.38. The number of carboxylic acids is 2. The second-order valence-electron chi connectivity index (χ2n) is 4.90. The summed E-state index contributed by atoms with van der Waals surface area (Å²) in [5.41, 5.74) is 0.673. The molecule has 0 heterocycles. The molecule has 2 aromatic carbocycles. The number of fused-ring (bicyclic) bond motifs is 1. The van der Waals surface area contributed by atoms with Crippen LogP contribution in [-0.4, -0.2) is 28.7 Å². The van der Waals surface area contributed by atoms with Crippen molar-refractivity contribution in [1.82, 2.24) is 0 Å². The number of benzene rings is 2. The predicted octanol–water partition coefficient (Wildman–Crippen LogP) is 4.21. The zero-order chi connectivity index (χ0) is 16.3. The number of carboxylic acid groups (broad SMARTS) is 2. The molecular weight excluding hydrogens is 350 g/mol. The van der Waals surface area contributed by atoms with Crippen LogP contribution in [0.4, 0.5) is 5.69 Å². The van der Waals surface area contributed by atoms with Crippen molar-refractivity contribution in [2.24, 2.45) is 0 Å². The van der Waals surface area contributed by atoms with E-state index >= 15 is 0 Å². The molecule has 0 saturated heterocycles. The van der Waals surface area contributed by atoms with E-state index in [4.69, 9.17) is 0 Å². The molecule has 116 valence electrons. The zero-order valence-corrected chi connectivity index (χ0v) is 13.6. The Morgan fingerprint density at radius 2 is 1.95 bits per heavy atom. The van der Waals surface area contributed by atoms with Crippen molar-refractivity contribution < 1.29 is 19.8 Å². The van der Waals surface area contributed by atoms with Gasteiger partial charge in [0, 0.05) is 27.5 Å². The van der Waals surface area contributed by atoms with Gasteiger partial charge in [-0.25, -0.2) is 9.59 Å². The molecule has 0 fully saturated rings. The monoisotopic (exact) mass is 365 g/mol.